The van der Waals surface area contributed by atoms with Gasteiger partial charge >= 0.3 is 0 Å². The standard InChI is InChI=1S/C8H11BrS2/c9-8-5-2-1-4-6(11-5)3-7(8)10-4/h4-8H,1-3H2. The summed E-state index contributed by atoms with van der Waals surface area (Å²) < 4.78 is 0. The Morgan fingerprint density at radius 2 is 1.64 bits per heavy atom. The summed E-state index contributed by atoms with van der Waals surface area (Å²) in [4.78, 5) is 0.821. The van der Waals surface area contributed by atoms with E-state index in [2.05, 4.69) is 39.5 Å². The first-order valence-corrected chi connectivity index (χ1v) is 7.10. The third kappa shape index (κ3) is 1.03. The smallest absolute Gasteiger partial charge is 0.0384 e. The largest absolute Gasteiger partial charge is 0.153 e. The highest BCUT2D eigenvalue weighted by molar-refractivity contribution is 9.09. The minimum atomic E-state index is 0.821. The zero-order chi connectivity index (χ0) is 7.42. The number of thioether (sulfide) groups is 2. The number of hydrogen-bond donors (Lipinski definition) is 0. The third-order valence-electron chi connectivity index (χ3n) is 3.02. The van der Waals surface area contributed by atoms with Gasteiger partial charge in [0.25, 0.3) is 0 Å². The molecular weight excluding hydrogens is 240 g/mol. The zero-order valence-corrected chi connectivity index (χ0v) is 9.42. The van der Waals surface area contributed by atoms with Crippen molar-refractivity contribution < 1.29 is 0 Å². The van der Waals surface area contributed by atoms with Crippen molar-refractivity contribution in [1.82, 2.24) is 0 Å². The Morgan fingerprint density at radius 3 is 2.55 bits per heavy atom. The molecule has 0 radical (unpaired) electrons. The molecule has 11 heavy (non-hydrogen) atoms. The first-order valence-electron chi connectivity index (χ1n) is 4.29. The Morgan fingerprint density at radius 1 is 0.909 bits per heavy atom. The highest BCUT2D eigenvalue weighted by atomic mass is 79.9. The summed E-state index contributed by atoms with van der Waals surface area (Å²) in [6, 6.07) is 0. The monoisotopic (exact) mass is 250 g/mol. The molecule has 3 bridgehead atoms. The SMILES string of the molecule is BrC1C2CCC3SC1CC3S2. The summed E-state index contributed by atoms with van der Waals surface area (Å²) in [6.07, 6.45) is 4.43. The van der Waals surface area contributed by atoms with Gasteiger partial charge in [0.05, 0.1) is 0 Å². The second kappa shape index (κ2) is 2.58. The molecule has 3 heteroatoms. The highest BCUT2D eigenvalue weighted by Gasteiger charge is 2.50. The summed E-state index contributed by atoms with van der Waals surface area (Å²) in [6.45, 7) is 0. The molecule has 3 aliphatic rings. The molecule has 3 rings (SSSR count). The first-order chi connectivity index (χ1) is 5.34. The second-order valence-electron chi connectivity index (χ2n) is 3.68. The molecule has 3 heterocycles. The van der Waals surface area contributed by atoms with Crippen LogP contribution in [0.5, 0.6) is 0 Å². The number of hydrogen-bond acceptors (Lipinski definition) is 2. The molecule has 0 nitrogen and oxygen atoms in total. The molecule has 62 valence electrons. The maximum absolute atomic E-state index is 3.85. The van der Waals surface area contributed by atoms with Crippen LogP contribution in [0.1, 0.15) is 19.3 Å². The van der Waals surface area contributed by atoms with Crippen LogP contribution in [-0.2, 0) is 0 Å². The molecule has 0 saturated carbocycles. The van der Waals surface area contributed by atoms with E-state index in [-0.39, 0.29) is 0 Å². The molecule has 3 fully saturated rings. The van der Waals surface area contributed by atoms with E-state index in [1.54, 1.807) is 0 Å². The van der Waals surface area contributed by atoms with Gasteiger partial charge in [-0.05, 0) is 19.3 Å². The van der Waals surface area contributed by atoms with Crippen LogP contribution in [0.25, 0.3) is 0 Å². The summed E-state index contributed by atoms with van der Waals surface area (Å²) >= 11 is 8.38. The lowest BCUT2D eigenvalue weighted by Crippen LogP contribution is -2.36. The molecule has 0 aromatic rings. The Labute approximate surface area is 84.4 Å². The minimum absolute atomic E-state index is 0.821. The van der Waals surface area contributed by atoms with Gasteiger partial charge in [-0.3, -0.25) is 0 Å². The molecule has 3 saturated heterocycles. The fourth-order valence-corrected chi connectivity index (χ4v) is 7.64. The lowest BCUT2D eigenvalue weighted by Gasteiger charge is -2.35. The predicted molar refractivity (Wildman–Crippen MR) is 56.9 cm³/mol. The fourth-order valence-electron chi connectivity index (χ4n) is 2.45. The van der Waals surface area contributed by atoms with Crippen molar-refractivity contribution in [3.63, 3.8) is 0 Å². The van der Waals surface area contributed by atoms with Gasteiger partial charge in [-0.2, -0.15) is 23.5 Å². The Hall–Kier alpha value is 1.18. The van der Waals surface area contributed by atoms with Crippen LogP contribution in [0.4, 0.5) is 0 Å². The van der Waals surface area contributed by atoms with E-state index in [0.717, 1.165) is 25.8 Å². The van der Waals surface area contributed by atoms with Crippen LogP contribution in [0.3, 0.4) is 0 Å². The third-order valence-corrected chi connectivity index (χ3v) is 8.67. The molecular formula is C8H11BrS2. The highest BCUT2D eigenvalue weighted by Crippen LogP contribution is 2.57. The van der Waals surface area contributed by atoms with Crippen LogP contribution in [-0.4, -0.2) is 25.8 Å². The molecule has 5 atom stereocenters. The zero-order valence-electron chi connectivity index (χ0n) is 6.20. The molecule has 0 amide bonds. The molecule has 0 aliphatic carbocycles. The number of fused-ring (bicyclic) bond motifs is 2. The lowest BCUT2D eigenvalue weighted by molar-refractivity contribution is 0.555. The van der Waals surface area contributed by atoms with Crippen molar-refractivity contribution in [2.45, 2.75) is 45.1 Å². The van der Waals surface area contributed by atoms with Crippen LogP contribution in [0.15, 0.2) is 0 Å². The van der Waals surface area contributed by atoms with Gasteiger partial charge in [0.2, 0.25) is 0 Å². The maximum Gasteiger partial charge on any atom is 0.0384 e. The van der Waals surface area contributed by atoms with Crippen molar-refractivity contribution in [2.75, 3.05) is 0 Å². The Balaban J connectivity index is 1.95. The van der Waals surface area contributed by atoms with E-state index in [9.17, 15) is 0 Å². The van der Waals surface area contributed by atoms with Gasteiger partial charge in [-0.25, -0.2) is 0 Å². The first kappa shape index (κ1) is 7.57. The van der Waals surface area contributed by atoms with E-state index in [1.165, 1.54) is 19.3 Å². The molecule has 0 aromatic carbocycles. The Kier molecular flexibility index (Phi) is 1.78. The van der Waals surface area contributed by atoms with Gasteiger partial charge in [-0.1, -0.05) is 15.9 Å². The van der Waals surface area contributed by atoms with Crippen LogP contribution >= 0.6 is 39.5 Å². The van der Waals surface area contributed by atoms with E-state index in [1.807, 2.05) is 0 Å². The van der Waals surface area contributed by atoms with Crippen LogP contribution in [0, 0.1) is 0 Å². The second-order valence-corrected chi connectivity index (χ2v) is 7.71. The van der Waals surface area contributed by atoms with E-state index in [4.69, 9.17) is 0 Å². The van der Waals surface area contributed by atoms with Crippen molar-refractivity contribution in [1.29, 1.82) is 0 Å². The van der Waals surface area contributed by atoms with Crippen molar-refractivity contribution in [3.8, 4) is 0 Å². The van der Waals surface area contributed by atoms with Gasteiger partial charge in [0.1, 0.15) is 0 Å². The van der Waals surface area contributed by atoms with Gasteiger partial charge in [0.15, 0.2) is 0 Å². The minimum Gasteiger partial charge on any atom is -0.153 e. The number of rotatable bonds is 0. The predicted octanol–water partition coefficient (Wildman–Crippen LogP) is 2.90. The summed E-state index contributed by atoms with van der Waals surface area (Å²) in [7, 11) is 0. The van der Waals surface area contributed by atoms with Crippen molar-refractivity contribution >= 4 is 39.5 Å². The van der Waals surface area contributed by atoms with Gasteiger partial charge in [-0.15, -0.1) is 0 Å². The normalized spacial score (nSPS) is 60.3. The van der Waals surface area contributed by atoms with Gasteiger partial charge in [0, 0.05) is 25.8 Å². The number of halogens is 1. The Bertz CT molecular complexity index is 177. The van der Waals surface area contributed by atoms with E-state index >= 15 is 0 Å². The van der Waals surface area contributed by atoms with Crippen LogP contribution in [0.2, 0.25) is 0 Å². The van der Waals surface area contributed by atoms with Crippen molar-refractivity contribution in [2.24, 2.45) is 0 Å². The average molecular weight is 251 g/mol. The molecule has 5 unspecified atom stereocenters. The summed E-state index contributed by atoms with van der Waals surface area (Å²) in [5, 5.41) is 3.95. The lowest BCUT2D eigenvalue weighted by atomic mass is 9.99. The number of alkyl halides is 1. The van der Waals surface area contributed by atoms with Crippen LogP contribution < -0.4 is 0 Å². The van der Waals surface area contributed by atoms with Gasteiger partial charge < -0.3 is 0 Å². The molecule has 3 aliphatic heterocycles. The van der Waals surface area contributed by atoms with E-state index < -0.39 is 0 Å². The molecule has 0 N–H and O–H groups in total. The van der Waals surface area contributed by atoms with E-state index in [0.29, 0.717) is 0 Å². The molecule has 0 aromatic heterocycles. The average Bonchev–Trinajstić information content (AvgIpc) is 2.33. The maximum atomic E-state index is 3.85. The van der Waals surface area contributed by atoms with Crippen molar-refractivity contribution in [3.05, 3.63) is 0 Å². The summed E-state index contributed by atoms with van der Waals surface area (Å²) in [5.74, 6) is 0. The summed E-state index contributed by atoms with van der Waals surface area (Å²) in [5.41, 5.74) is 0. The fraction of sp³-hybridized carbons (Fsp3) is 1.00. The topological polar surface area (TPSA) is 0 Å². The quantitative estimate of drug-likeness (QED) is 0.607. The molecule has 0 spiro atoms.